The van der Waals surface area contributed by atoms with Gasteiger partial charge in [-0.1, -0.05) is 30.3 Å². The fourth-order valence-electron chi connectivity index (χ4n) is 1.25. The van der Waals surface area contributed by atoms with Gasteiger partial charge in [-0.05, 0) is 5.56 Å². The number of thiazole rings is 1. The molecule has 0 unspecified atom stereocenters. The van der Waals surface area contributed by atoms with Gasteiger partial charge in [0.15, 0.2) is 0 Å². The summed E-state index contributed by atoms with van der Waals surface area (Å²) >= 11 is 1.68. The molecule has 0 aliphatic carbocycles. The Bertz CT molecular complexity index is 356. The summed E-state index contributed by atoms with van der Waals surface area (Å²) < 4.78 is 0. The van der Waals surface area contributed by atoms with E-state index >= 15 is 0 Å². The molecule has 0 spiro atoms. The van der Waals surface area contributed by atoms with Gasteiger partial charge in [-0.2, -0.15) is 0 Å². The van der Waals surface area contributed by atoms with E-state index in [1.54, 1.807) is 11.3 Å². The zero-order chi connectivity index (χ0) is 9.64. The van der Waals surface area contributed by atoms with Gasteiger partial charge in [-0.25, -0.2) is 4.98 Å². The first kappa shape index (κ1) is 9.37. The molecule has 0 aliphatic rings. The number of hydrogen-bond acceptors (Lipinski definition) is 3. The second-order valence-corrected chi connectivity index (χ2v) is 3.99. The van der Waals surface area contributed by atoms with E-state index in [1.807, 2.05) is 17.6 Å². The number of benzene rings is 1. The van der Waals surface area contributed by atoms with Crippen molar-refractivity contribution in [2.24, 2.45) is 0 Å². The molecule has 0 saturated carbocycles. The molecule has 1 aromatic carbocycles. The van der Waals surface area contributed by atoms with Crippen LogP contribution in [0, 0.1) is 0 Å². The van der Waals surface area contributed by atoms with Crippen LogP contribution in [0.1, 0.15) is 10.6 Å². The summed E-state index contributed by atoms with van der Waals surface area (Å²) in [5.74, 6) is 0. The summed E-state index contributed by atoms with van der Waals surface area (Å²) in [6, 6.07) is 10.4. The number of rotatable bonds is 4. The van der Waals surface area contributed by atoms with Gasteiger partial charge in [-0.3, -0.25) is 0 Å². The van der Waals surface area contributed by atoms with Crippen molar-refractivity contribution in [2.45, 2.75) is 13.1 Å². The maximum Gasteiger partial charge on any atom is 0.106 e. The third-order valence-corrected chi connectivity index (χ3v) is 2.71. The summed E-state index contributed by atoms with van der Waals surface area (Å²) in [5.41, 5.74) is 1.31. The van der Waals surface area contributed by atoms with E-state index in [-0.39, 0.29) is 0 Å². The summed E-state index contributed by atoms with van der Waals surface area (Å²) in [7, 11) is 0. The average molecular weight is 204 g/mol. The standard InChI is InChI=1S/C11H12N2S/c1-2-4-10(5-3-1)8-12-9-11-13-6-7-14-11/h1-7,12H,8-9H2. The van der Waals surface area contributed by atoms with E-state index in [9.17, 15) is 0 Å². The van der Waals surface area contributed by atoms with Gasteiger partial charge >= 0.3 is 0 Å². The smallest absolute Gasteiger partial charge is 0.106 e. The minimum absolute atomic E-state index is 0.854. The Morgan fingerprint density at radius 1 is 1.14 bits per heavy atom. The maximum atomic E-state index is 4.20. The molecule has 0 saturated heterocycles. The van der Waals surface area contributed by atoms with Gasteiger partial charge in [0.25, 0.3) is 0 Å². The lowest BCUT2D eigenvalue weighted by Gasteiger charge is -2.01. The molecule has 0 atom stereocenters. The molecular weight excluding hydrogens is 192 g/mol. The van der Waals surface area contributed by atoms with Crippen LogP contribution < -0.4 is 5.32 Å². The summed E-state index contributed by atoms with van der Waals surface area (Å²) in [5, 5.41) is 6.49. The topological polar surface area (TPSA) is 24.9 Å². The lowest BCUT2D eigenvalue weighted by atomic mass is 10.2. The first-order valence-corrected chi connectivity index (χ1v) is 5.46. The molecule has 1 N–H and O–H groups in total. The van der Waals surface area contributed by atoms with Gasteiger partial charge in [0.2, 0.25) is 0 Å². The van der Waals surface area contributed by atoms with E-state index in [0.717, 1.165) is 18.1 Å². The maximum absolute atomic E-state index is 4.20. The normalized spacial score (nSPS) is 10.3. The van der Waals surface area contributed by atoms with Crippen molar-refractivity contribution >= 4 is 11.3 Å². The lowest BCUT2D eigenvalue weighted by Crippen LogP contribution is -2.12. The predicted octanol–water partition coefficient (Wildman–Crippen LogP) is 2.43. The minimum atomic E-state index is 0.854. The van der Waals surface area contributed by atoms with Crippen LogP contribution in [0.15, 0.2) is 41.9 Å². The Hall–Kier alpha value is -1.19. The molecule has 0 bridgehead atoms. The summed E-state index contributed by atoms with van der Waals surface area (Å²) in [6.45, 7) is 1.76. The molecule has 72 valence electrons. The number of nitrogens with one attached hydrogen (secondary N) is 1. The predicted molar refractivity (Wildman–Crippen MR) is 59.1 cm³/mol. The molecule has 2 aromatic rings. The van der Waals surface area contributed by atoms with Crippen molar-refractivity contribution in [3.8, 4) is 0 Å². The Balaban J connectivity index is 1.79. The van der Waals surface area contributed by atoms with Crippen LogP contribution in [0.5, 0.6) is 0 Å². The van der Waals surface area contributed by atoms with Crippen molar-refractivity contribution in [1.82, 2.24) is 10.3 Å². The SMILES string of the molecule is c1ccc(CNCc2nccs2)cc1. The van der Waals surface area contributed by atoms with Crippen molar-refractivity contribution in [3.63, 3.8) is 0 Å². The van der Waals surface area contributed by atoms with Crippen molar-refractivity contribution in [1.29, 1.82) is 0 Å². The molecule has 0 fully saturated rings. The Kier molecular flexibility index (Phi) is 3.27. The zero-order valence-electron chi connectivity index (χ0n) is 7.81. The molecular formula is C11H12N2S. The first-order chi connectivity index (χ1) is 6.95. The highest BCUT2D eigenvalue weighted by atomic mass is 32.1. The van der Waals surface area contributed by atoms with Crippen LogP contribution in [-0.4, -0.2) is 4.98 Å². The third-order valence-electron chi connectivity index (χ3n) is 1.93. The lowest BCUT2D eigenvalue weighted by molar-refractivity contribution is 0.690. The molecule has 14 heavy (non-hydrogen) atoms. The quantitative estimate of drug-likeness (QED) is 0.827. The van der Waals surface area contributed by atoms with Crippen molar-refractivity contribution < 1.29 is 0 Å². The number of hydrogen-bond donors (Lipinski definition) is 1. The Morgan fingerprint density at radius 3 is 2.71 bits per heavy atom. The van der Waals surface area contributed by atoms with Crippen molar-refractivity contribution in [3.05, 3.63) is 52.5 Å². The van der Waals surface area contributed by atoms with Crippen LogP contribution >= 0.6 is 11.3 Å². The van der Waals surface area contributed by atoms with E-state index in [1.165, 1.54) is 5.56 Å². The van der Waals surface area contributed by atoms with Crippen molar-refractivity contribution in [2.75, 3.05) is 0 Å². The number of nitrogens with zero attached hydrogens (tertiary/aromatic N) is 1. The van der Waals surface area contributed by atoms with Gasteiger partial charge < -0.3 is 5.32 Å². The van der Waals surface area contributed by atoms with Crippen LogP contribution in [0.25, 0.3) is 0 Å². The second-order valence-electron chi connectivity index (χ2n) is 3.01. The molecule has 0 radical (unpaired) electrons. The van der Waals surface area contributed by atoms with E-state index < -0.39 is 0 Å². The van der Waals surface area contributed by atoms with Crippen LogP contribution in [0.4, 0.5) is 0 Å². The summed E-state index contributed by atoms with van der Waals surface area (Å²) in [6.07, 6.45) is 1.84. The summed E-state index contributed by atoms with van der Waals surface area (Å²) in [4.78, 5) is 4.20. The fourth-order valence-corrected chi connectivity index (χ4v) is 1.84. The molecule has 2 rings (SSSR count). The molecule has 2 nitrogen and oxygen atoms in total. The van der Waals surface area contributed by atoms with Gasteiger partial charge in [0, 0.05) is 24.7 Å². The second kappa shape index (κ2) is 4.88. The van der Waals surface area contributed by atoms with Crippen LogP contribution in [0.2, 0.25) is 0 Å². The third kappa shape index (κ3) is 2.65. The number of aromatic nitrogens is 1. The largest absolute Gasteiger partial charge is 0.306 e. The molecule has 1 heterocycles. The highest BCUT2D eigenvalue weighted by Crippen LogP contribution is 2.03. The van der Waals surface area contributed by atoms with Gasteiger partial charge in [0.1, 0.15) is 5.01 Å². The van der Waals surface area contributed by atoms with Crippen LogP contribution in [-0.2, 0) is 13.1 Å². The van der Waals surface area contributed by atoms with Crippen LogP contribution in [0.3, 0.4) is 0 Å². The molecule has 0 amide bonds. The van der Waals surface area contributed by atoms with E-state index in [0.29, 0.717) is 0 Å². The Morgan fingerprint density at radius 2 is 2.00 bits per heavy atom. The van der Waals surface area contributed by atoms with E-state index in [2.05, 4.69) is 34.6 Å². The highest BCUT2D eigenvalue weighted by molar-refractivity contribution is 7.09. The first-order valence-electron chi connectivity index (χ1n) is 4.58. The zero-order valence-corrected chi connectivity index (χ0v) is 8.63. The molecule has 0 aliphatic heterocycles. The minimum Gasteiger partial charge on any atom is -0.306 e. The molecule has 3 heteroatoms. The monoisotopic (exact) mass is 204 g/mol. The average Bonchev–Trinajstić information content (AvgIpc) is 2.72. The van der Waals surface area contributed by atoms with Gasteiger partial charge in [-0.15, -0.1) is 11.3 Å². The molecule has 1 aromatic heterocycles. The fraction of sp³-hybridized carbons (Fsp3) is 0.182. The Labute approximate surface area is 87.6 Å². The van der Waals surface area contributed by atoms with Gasteiger partial charge in [0.05, 0.1) is 0 Å². The highest BCUT2D eigenvalue weighted by Gasteiger charge is 1.94. The van der Waals surface area contributed by atoms with E-state index in [4.69, 9.17) is 0 Å².